The number of Topliss-reactive ketones (excluding diaryl/α,β-unsaturated/α-hetero) is 4. The van der Waals surface area contributed by atoms with Crippen molar-refractivity contribution < 1.29 is 128 Å². The molecule has 1 saturated heterocycles. The van der Waals surface area contributed by atoms with E-state index < -0.39 is 254 Å². The third-order valence-corrected chi connectivity index (χ3v) is 20.9. The molecule has 38 heteroatoms. The number of ether oxygens (including phenoxy) is 2. The lowest BCUT2D eigenvalue weighted by Crippen LogP contribution is -2.59. The van der Waals surface area contributed by atoms with Gasteiger partial charge in [0.15, 0.2) is 52.9 Å². The molecule has 0 radical (unpaired) electrons. The largest absolute Gasteiger partial charge is 0.508 e. The highest BCUT2D eigenvalue weighted by Crippen LogP contribution is 2.52. The van der Waals surface area contributed by atoms with Crippen LogP contribution in [0.3, 0.4) is 0 Å². The SMILES string of the molecule is C[C@H]1O[C@H](OC2C[C@@](O)(C(=O)CO)Cc3c(O)c4c(c(O)c32)C(=O)c2c(CO)cccc2C4=O)C[C@@H](NC(=O)C(CCCN=C(N)N)NC(=O)C(CO)CC(=O)C(Cc2ccc(O)cc2)NC(=O)C(CC(=O)C(CO)NC(=O)C(CO)CC(=O)C(CCCN=C(N)N)NC(=O)CCCCCN2C(=O)C=CC2=O)Cc2ccc(O)cc2)[C@H]1O. The summed E-state index contributed by atoms with van der Waals surface area (Å²) in [6.07, 6.45) is -8.04. The number of rotatable bonds is 44. The molecule has 117 heavy (non-hydrogen) atoms. The molecule has 8 rings (SSSR count). The Bertz CT molecular complexity index is 4430. The van der Waals surface area contributed by atoms with Crippen molar-refractivity contribution >= 4 is 88.0 Å². The van der Waals surface area contributed by atoms with Crippen LogP contribution in [0, 0.1) is 17.8 Å². The van der Waals surface area contributed by atoms with Gasteiger partial charge in [-0.1, -0.05) is 48.9 Å². The number of amides is 7. The topological polar surface area (TPSA) is 655 Å². The van der Waals surface area contributed by atoms with Crippen LogP contribution in [0.2, 0.25) is 0 Å². The number of aliphatic imine (C=N–C) groups is 2. The van der Waals surface area contributed by atoms with Crippen LogP contribution in [0.4, 0.5) is 0 Å². The molecule has 0 spiro atoms. The van der Waals surface area contributed by atoms with E-state index in [0.717, 1.165) is 17.1 Å². The van der Waals surface area contributed by atoms with Gasteiger partial charge in [-0.2, -0.15) is 0 Å². The summed E-state index contributed by atoms with van der Waals surface area (Å²) in [6, 6.07) is 7.16. The number of aliphatic hydroxyl groups is 7. The van der Waals surface area contributed by atoms with Crippen molar-refractivity contribution in [1.29, 1.82) is 0 Å². The van der Waals surface area contributed by atoms with Gasteiger partial charge in [0.25, 0.3) is 11.8 Å². The van der Waals surface area contributed by atoms with Crippen LogP contribution in [0.5, 0.6) is 23.0 Å². The number of nitrogens with zero attached hydrogens (tertiary/aromatic N) is 3. The first-order valence-corrected chi connectivity index (χ1v) is 38.0. The van der Waals surface area contributed by atoms with Gasteiger partial charge >= 0.3 is 0 Å². The summed E-state index contributed by atoms with van der Waals surface area (Å²) in [5, 5.41) is 133. The minimum atomic E-state index is -2.56. The maximum Gasteiger partial charge on any atom is 0.253 e. The number of ketones is 6. The van der Waals surface area contributed by atoms with Crippen molar-refractivity contribution in [3.8, 4) is 23.0 Å². The highest BCUT2D eigenvalue weighted by Gasteiger charge is 2.51. The van der Waals surface area contributed by atoms with E-state index >= 15 is 0 Å². The van der Waals surface area contributed by atoms with E-state index in [1.165, 1.54) is 73.7 Å². The second-order valence-corrected chi connectivity index (χ2v) is 29.3. The number of benzene rings is 4. The minimum Gasteiger partial charge on any atom is -0.508 e. The Morgan fingerprint density at radius 2 is 1.13 bits per heavy atom. The Morgan fingerprint density at radius 1 is 0.598 bits per heavy atom. The molecule has 1 fully saturated rings. The summed E-state index contributed by atoms with van der Waals surface area (Å²) in [5.41, 5.74) is 17.5. The molecular weight excluding hydrogens is 1530 g/mol. The Kier molecular flexibility index (Phi) is 32.6. The molecule has 8 unspecified atom stereocenters. The smallest absolute Gasteiger partial charge is 0.253 e. The lowest BCUT2D eigenvalue weighted by atomic mass is 9.71. The quantitative estimate of drug-likeness (QED) is 0.00599. The van der Waals surface area contributed by atoms with Crippen LogP contribution in [0.1, 0.15) is 156 Å². The third-order valence-electron chi connectivity index (χ3n) is 20.9. The zero-order chi connectivity index (χ0) is 85.7. The predicted octanol–water partition coefficient (Wildman–Crippen LogP) is -3.23. The molecule has 38 nitrogen and oxygen atoms in total. The summed E-state index contributed by atoms with van der Waals surface area (Å²) >= 11 is 0. The predicted molar refractivity (Wildman–Crippen MR) is 411 cm³/mol. The number of carbonyl (C=O) groups is 13. The zero-order valence-corrected chi connectivity index (χ0v) is 64.1. The molecule has 4 aliphatic rings. The fourth-order valence-electron chi connectivity index (χ4n) is 14.5. The highest BCUT2D eigenvalue weighted by molar-refractivity contribution is 6.31. The van der Waals surface area contributed by atoms with E-state index in [9.17, 15) is 119 Å². The van der Waals surface area contributed by atoms with Crippen molar-refractivity contribution in [2.24, 2.45) is 50.7 Å². The maximum absolute atomic E-state index is 14.9. The number of guanidine groups is 2. The average molecular weight is 1630 g/mol. The van der Waals surface area contributed by atoms with Gasteiger partial charge in [0.2, 0.25) is 29.5 Å². The Morgan fingerprint density at radius 3 is 1.69 bits per heavy atom. The van der Waals surface area contributed by atoms with Crippen LogP contribution in [0.15, 0.2) is 88.9 Å². The molecule has 13 atom stereocenters. The Labute approximate surface area is 670 Å². The Balaban J connectivity index is 0.975. The van der Waals surface area contributed by atoms with Crippen molar-refractivity contribution in [3.63, 3.8) is 0 Å². The zero-order valence-electron chi connectivity index (χ0n) is 64.1. The van der Waals surface area contributed by atoms with Gasteiger partial charge < -0.3 is 115 Å². The van der Waals surface area contributed by atoms with E-state index in [0.29, 0.717) is 30.4 Å². The molecule has 24 N–H and O–H groups in total. The first-order valence-electron chi connectivity index (χ1n) is 38.0. The molecule has 4 aromatic rings. The normalized spacial score (nSPS) is 19.9. The number of aliphatic hydroxyl groups excluding tert-OH is 6. The Hall–Kier alpha value is -11.5. The van der Waals surface area contributed by atoms with Crippen LogP contribution in [-0.2, 0) is 88.1 Å². The van der Waals surface area contributed by atoms with Crippen molar-refractivity contribution in [1.82, 2.24) is 31.5 Å². The molecule has 632 valence electrons. The summed E-state index contributed by atoms with van der Waals surface area (Å²) in [5.74, 6) is -18.9. The van der Waals surface area contributed by atoms with E-state index in [2.05, 4.69) is 36.6 Å². The van der Waals surface area contributed by atoms with Gasteiger partial charge in [-0.15, -0.1) is 0 Å². The third kappa shape index (κ3) is 23.6. The van der Waals surface area contributed by atoms with Crippen LogP contribution in [-0.4, -0.2) is 249 Å². The number of nitrogens with two attached hydrogens (primary N) is 4. The number of nitrogens with one attached hydrogen (secondary N) is 5. The molecule has 2 aliphatic heterocycles. The molecular formula is C79H100N12O26. The van der Waals surface area contributed by atoms with Crippen LogP contribution < -0.4 is 49.5 Å². The van der Waals surface area contributed by atoms with E-state index in [4.69, 9.17) is 32.4 Å². The summed E-state index contributed by atoms with van der Waals surface area (Å²) < 4.78 is 12.4. The van der Waals surface area contributed by atoms with Crippen LogP contribution >= 0.6 is 0 Å². The van der Waals surface area contributed by atoms with Crippen molar-refractivity contribution in [2.45, 2.75) is 177 Å². The first kappa shape index (κ1) is 91.0. The minimum absolute atomic E-state index is 0.0102. The molecule has 2 aliphatic carbocycles. The fraction of sp³-hybridized carbons (Fsp3) is 0.481. The van der Waals surface area contributed by atoms with Crippen molar-refractivity contribution in [3.05, 3.63) is 129 Å². The number of unbranched alkanes of at least 4 members (excludes halogenated alkanes) is 2. The highest BCUT2D eigenvalue weighted by atomic mass is 16.7. The first-order chi connectivity index (χ1) is 55.6. The van der Waals surface area contributed by atoms with Gasteiger partial charge in [-0.3, -0.25) is 77.2 Å². The van der Waals surface area contributed by atoms with Gasteiger partial charge in [0.05, 0.1) is 79.7 Å². The van der Waals surface area contributed by atoms with E-state index in [1.807, 2.05) is 0 Å². The fourth-order valence-corrected chi connectivity index (χ4v) is 14.5. The molecule has 7 amide bonds. The number of hydrogen-bond acceptors (Lipinski definition) is 28. The number of imide groups is 1. The number of fused-ring (bicyclic) bond motifs is 3. The molecule has 0 bridgehead atoms. The number of phenols is 4. The van der Waals surface area contributed by atoms with Crippen molar-refractivity contribution in [2.75, 3.05) is 46.1 Å². The standard InChI is InChI=1S/C79H100N12O26/c1-39-68(106)53(31-63(116-39)117-58-33-79(115,59(102)38-96)32-49-65(58)72(110)67-66(70(49)108)69(107)48-9-5-8-42(34-92)64(48)71(67)109)89-76(114)51(11-7-24-85-78(82)83)87-74(112)45(36-94)30-56(100)52(27-41-15-19-47(98)20-16-41)88-73(111)43(26-40-13-17-46(97)18-14-40)28-57(101)54(37-95)90-75(113)44(35-93)29-55(99)50(10-6-23-84-77(80)81)86-60(103)12-3-2-4-25-91-61(104)21-22-62(91)105/h5,8-9,13-22,39,43-45,50-54,58,63,68,92-98,106,108,110,115H,2-4,6-7,10-12,23-38H2,1H3,(H,86,103)(H,87,112)(H,88,111)(H,89,114)(H,90,113)(H4,80,81,84)(H4,82,83,85)/t39-,43?,44?,45?,50?,51?,52?,53-,54?,58?,63-,68+,79-/m1/s1. The van der Waals surface area contributed by atoms with Gasteiger partial charge in [0, 0.05) is 105 Å². The number of carbonyl (C=O) groups excluding carboxylic acids is 13. The molecule has 2 heterocycles. The monoisotopic (exact) mass is 1630 g/mol. The number of phenolic OH excluding ortho intramolecular Hbond substituents is 4. The summed E-state index contributed by atoms with van der Waals surface area (Å²) in [4.78, 5) is 189. The summed E-state index contributed by atoms with van der Waals surface area (Å²) in [7, 11) is 0. The lowest BCUT2D eigenvalue weighted by molar-refractivity contribution is -0.249. The number of aromatic hydroxyl groups is 4. The van der Waals surface area contributed by atoms with Crippen LogP contribution in [0.25, 0.3) is 0 Å². The van der Waals surface area contributed by atoms with Gasteiger partial charge in [0.1, 0.15) is 53.4 Å². The number of hydrogen-bond donors (Lipinski definition) is 20. The molecule has 4 aromatic carbocycles. The second-order valence-electron chi connectivity index (χ2n) is 29.3. The molecule has 0 aromatic heterocycles. The van der Waals surface area contributed by atoms with Gasteiger partial charge in [-0.05, 0) is 99.2 Å². The maximum atomic E-state index is 14.9. The molecule has 0 saturated carbocycles. The van der Waals surface area contributed by atoms with Gasteiger partial charge in [-0.25, -0.2) is 0 Å². The van der Waals surface area contributed by atoms with E-state index in [-0.39, 0.29) is 110 Å². The summed E-state index contributed by atoms with van der Waals surface area (Å²) in [6.45, 7) is -3.64. The second kappa shape index (κ2) is 41.9. The van der Waals surface area contributed by atoms with E-state index in [1.54, 1.807) is 0 Å². The average Bonchev–Trinajstić information content (AvgIpc) is 1.19. The lowest BCUT2D eigenvalue weighted by Gasteiger charge is -2.43.